The summed E-state index contributed by atoms with van der Waals surface area (Å²) in [6.45, 7) is 4.19. The molecule has 1 aromatic rings. The van der Waals surface area contributed by atoms with Crippen molar-refractivity contribution in [2.75, 3.05) is 27.3 Å². The van der Waals surface area contributed by atoms with Gasteiger partial charge in [-0.25, -0.2) is 0 Å². The number of carbonyl (C=O) groups excluding carboxylic acids is 1. The van der Waals surface area contributed by atoms with Crippen molar-refractivity contribution in [1.29, 1.82) is 0 Å². The molecule has 2 rings (SSSR count). The zero-order valence-corrected chi connectivity index (χ0v) is 12.9. The summed E-state index contributed by atoms with van der Waals surface area (Å²) >= 11 is 0. The molecule has 0 bridgehead atoms. The molecule has 6 heteroatoms. The Kier molecular flexibility index (Phi) is 5.38. The van der Waals surface area contributed by atoms with Crippen LogP contribution in [-0.4, -0.2) is 49.1 Å². The van der Waals surface area contributed by atoms with Crippen LogP contribution >= 0.6 is 0 Å². The molecular weight excluding hydrogens is 270 g/mol. The van der Waals surface area contributed by atoms with Crippen LogP contribution in [0.2, 0.25) is 0 Å². The highest BCUT2D eigenvalue weighted by molar-refractivity contribution is 5.81. The molecule has 1 aliphatic heterocycles. The summed E-state index contributed by atoms with van der Waals surface area (Å²) in [6, 6.07) is 1.65. The Morgan fingerprint density at radius 3 is 2.90 bits per heavy atom. The van der Waals surface area contributed by atoms with Gasteiger partial charge in [-0.15, -0.1) is 0 Å². The first-order chi connectivity index (χ1) is 10.2. The smallest absolute Gasteiger partial charge is 0.237 e. The molecule has 6 nitrogen and oxygen atoms in total. The zero-order chi connectivity index (χ0) is 15.2. The molecule has 2 heterocycles. The van der Waals surface area contributed by atoms with E-state index in [0.717, 1.165) is 31.6 Å². The molecule has 116 valence electrons. The maximum Gasteiger partial charge on any atom is 0.237 e. The normalized spacial score (nSPS) is 19.8. The van der Waals surface area contributed by atoms with E-state index in [1.165, 1.54) is 0 Å². The van der Waals surface area contributed by atoms with Gasteiger partial charge in [0, 0.05) is 31.9 Å². The Bertz CT molecular complexity index is 493. The summed E-state index contributed by atoms with van der Waals surface area (Å²) in [5, 5.41) is 2.96. The largest absolute Gasteiger partial charge is 0.493 e. The van der Waals surface area contributed by atoms with E-state index in [1.54, 1.807) is 26.5 Å². The van der Waals surface area contributed by atoms with Gasteiger partial charge in [0.25, 0.3) is 0 Å². The summed E-state index contributed by atoms with van der Waals surface area (Å²) in [5.41, 5.74) is 0.796. The van der Waals surface area contributed by atoms with Gasteiger partial charge in [0.05, 0.1) is 20.3 Å². The third kappa shape index (κ3) is 3.44. The van der Waals surface area contributed by atoms with Crippen molar-refractivity contribution >= 4 is 5.91 Å². The fourth-order valence-electron chi connectivity index (χ4n) is 2.72. The lowest BCUT2D eigenvalue weighted by Crippen LogP contribution is -2.43. The van der Waals surface area contributed by atoms with E-state index < -0.39 is 0 Å². The van der Waals surface area contributed by atoms with Crippen LogP contribution < -0.4 is 14.8 Å². The highest BCUT2D eigenvalue weighted by Gasteiger charge is 2.27. The first-order valence-corrected chi connectivity index (χ1v) is 7.28. The topological polar surface area (TPSA) is 63.7 Å². The maximum absolute atomic E-state index is 12.1. The van der Waals surface area contributed by atoms with Crippen molar-refractivity contribution in [2.45, 2.75) is 32.4 Å². The predicted octanol–water partition coefficient (Wildman–Crippen LogP) is 1.20. The lowest BCUT2D eigenvalue weighted by Gasteiger charge is -2.27. The van der Waals surface area contributed by atoms with Gasteiger partial charge >= 0.3 is 0 Å². The number of methoxy groups -OCH3 is 2. The summed E-state index contributed by atoms with van der Waals surface area (Å²) in [7, 11) is 3.21. The van der Waals surface area contributed by atoms with Crippen LogP contribution in [0, 0.1) is 0 Å². The minimum absolute atomic E-state index is 0.0943. The third-order valence-corrected chi connectivity index (χ3v) is 3.77. The van der Waals surface area contributed by atoms with E-state index in [4.69, 9.17) is 9.47 Å². The van der Waals surface area contributed by atoms with Crippen molar-refractivity contribution in [3.63, 3.8) is 0 Å². The number of pyridine rings is 1. The summed E-state index contributed by atoms with van der Waals surface area (Å²) in [5.74, 6) is 1.39. The van der Waals surface area contributed by atoms with Crippen LogP contribution in [0.3, 0.4) is 0 Å². The SMILES string of the molecule is CC[C@@H]1C(=O)NCCCN1Cc1nccc(OC)c1OC. The summed E-state index contributed by atoms with van der Waals surface area (Å²) < 4.78 is 10.7. The van der Waals surface area contributed by atoms with Crippen LogP contribution in [-0.2, 0) is 11.3 Å². The van der Waals surface area contributed by atoms with Crippen molar-refractivity contribution in [1.82, 2.24) is 15.2 Å². The van der Waals surface area contributed by atoms with Crippen LogP contribution in [0.4, 0.5) is 0 Å². The molecule has 0 saturated carbocycles. The molecule has 0 unspecified atom stereocenters. The molecule has 1 atom stereocenters. The van der Waals surface area contributed by atoms with Gasteiger partial charge in [0.15, 0.2) is 11.5 Å². The summed E-state index contributed by atoms with van der Waals surface area (Å²) in [4.78, 5) is 18.7. The Hall–Kier alpha value is -1.82. The molecule has 1 aromatic heterocycles. The lowest BCUT2D eigenvalue weighted by atomic mass is 10.1. The van der Waals surface area contributed by atoms with Gasteiger partial charge in [0.2, 0.25) is 5.91 Å². The fourth-order valence-corrected chi connectivity index (χ4v) is 2.72. The molecule has 1 amide bonds. The van der Waals surface area contributed by atoms with E-state index in [1.807, 2.05) is 6.92 Å². The van der Waals surface area contributed by atoms with Crippen molar-refractivity contribution in [3.8, 4) is 11.5 Å². The Labute approximate surface area is 125 Å². The molecule has 0 spiro atoms. The highest BCUT2D eigenvalue weighted by atomic mass is 16.5. The van der Waals surface area contributed by atoms with E-state index >= 15 is 0 Å². The van der Waals surface area contributed by atoms with Crippen LogP contribution in [0.1, 0.15) is 25.5 Å². The molecule has 1 N–H and O–H groups in total. The molecule has 1 fully saturated rings. The Morgan fingerprint density at radius 1 is 1.43 bits per heavy atom. The minimum atomic E-state index is -0.120. The first kappa shape index (κ1) is 15.6. The van der Waals surface area contributed by atoms with E-state index in [-0.39, 0.29) is 11.9 Å². The number of hydrogen-bond donors (Lipinski definition) is 1. The molecule has 0 aromatic carbocycles. The molecule has 1 saturated heterocycles. The van der Waals surface area contributed by atoms with Gasteiger partial charge in [-0.3, -0.25) is 14.7 Å². The van der Waals surface area contributed by atoms with Crippen molar-refractivity contribution in [2.24, 2.45) is 0 Å². The van der Waals surface area contributed by atoms with E-state index in [2.05, 4.69) is 15.2 Å². The number of ether oxygens (including phenoxy) is 2. The number of rotatable bonds is 5. The van der Waals surface area contributed by atoms with Crippen LogP contribution in [0.5, 0.6) is 11.5 Å². The highest BCUT2D eigenvalue weighted by Crippen LogP contribution is 2.30. The Balaban J connectivity index is 2.25. The van der Waals surface area contributed by atoms with E-state index in [0.29, 0.717) is 18.0 Å². The lowest BCUT2D eigenvalue weighted by molar-refractivity contribution is -0.125. The number of hydrogen-bond acceptors (Lipinski definition) is 5. The molecule has 0 radical (unpaired) electrons. The number of nitrogens with one attached hydrogen (secondary N) is 1. The second-order valence-electron chi connectivity index (χ2n) is 5.03. The zero-order valence-electron chi connectivity index (χ0n) is 12.9. The third-order valence-electron chi connectivity index (χ3n) is 3.77. The predicted molar refractivity (Wildman–Crippen MR) is 79.5 cm³/mol. The van der Waals surface area contributed by atoms with Gasteiger partial charge in [-0.05, 0) is 12.8 Å². The molecule has 21 heavy (non-hydrogen) atoms. The standard InChI is InChI=1S/C15H23N3O3/c1-4-12-15(19)17-7-5-9-18(12)10-11-14(21-3)13(20-2)6-8-16-11/h6,8,12H,4-5,7,9-10H2,1-3H3,(H,17,19)/t12-/m1/s1. The summed E-state index contributed by atoms with van der Waals surface area (Å²) in [6.07, 6.45) is 3.42. The number of aromatic nitrogens is 1. The quantitative estimate of drug-likeness (QED) is 0.884. The van der Waals surface area contributed by atoms with Crippen molar-refractivity contribution in [3.05, 3.63) is 18.0 Å². The second-order valence-corrected chi connectivity index (χ2v) is 5.03. The molecular formula is C15H23N3O3. The van der Waals surface area contributed by atoms with Gasteiger partial charge < -0.3 is 14.8 Å². The van der Waals surface area contributed by atoms with Gasteiger partial charge in [-0.1, -0.05) is 6.92 Å². The monoisotopic (exact) mass is 293 g/mol. The van der Waals surface area contributed by atoms with Crippen molar-refractivity contribution < 1.29 is 14.3 Å². The number of nitrogens with zero attached hydrogens (tertiary/aromatic N) is 2. The maximum atomic E-state index is 12.1. The fraction of sp³-hybridized carbons (Fsp3) is 0.600. The van der Waals surface area contributed by atoms with E-state index in [9.17, 15) is 4.79 Å². The van der Waals surface area contributed by atoms with Gasteiger partial charge in [0.1, 0.15) is 5.69 Å². The Morgan fingerprint density at radius 2 is 2.24 bits per heavy atom. The number of carbonyl (C=O) groups is 1. The van der Waals surface area contributed by atoms with Gasteiger partial charge in [-0.2, -0.15) is 0 Å². The average molecular weight is 293 g/mol. The molecule has 1 aliphatic rings. The first-order valence-electron chi connectivity index (χ1n) is 7.28. The number of amides is 1. The minimum Gasteiger partial charge on any atom is -0.493 e. The average Bonchev–Trinajstić information content (AvgIpc) is 2.68. The second kappa shape index (κ2) is 7.26. The van der Waals surface area contributed by atoms with Crippen LogP contribution in [0.25, 0.3) is 0 Å². The molecule has 0 aliphatic carbocycles. The van der Waals surface area contributed by atoms with Crippen LogP contribution in [0.15, 0.2) is 12.3 Å².